The normalized spacial score (nSPS) is 19.3. The number of aryl methyl sites for hydroxylation is 1. The van der Waals surface area contributed by atoms with Crippen LogP contribution in [-0.4, -0.2) is 121 Å². The molecule has 450 valence electrons. The minimum atomic E-state index is -1.30. The Morgan fingerprint density at radius 3 is 2.07 bits per heavy atom. The number of esters is 1. The van der Waals surface area contributed by atoms with Gasteiger partial charge in [0.15, 0.2) is 5.78 Å². The highest BCUT2D eigenvalue weighted by Crippen LogP contribution is 2.44. The zero-order valence-corrected chi connectivity index (χ0v) is 51.1. The Kier molecular flexibility index (Phi) is 17.8. The summed E-state index contributed by atoms with van der Waals surface area (Å²) in [7, 11) is 0. The van der Waals surface area contributed by atoms with Crippen molar-refractivity contribution in [2.45, 2.75) is 82.2 Å². The highest BCUT2D eigenvalue weighted by Gasteiger charge is 2.46. The molecule has 5 amide bonds. The molecule has 0 unspecified atom stereocenters. The number of nitrogens with two attached hydrogens (primary N) is 2. The summed E-state index contributed by atoms with van der Waals surface area (Å²) in [6.45, 7) is 3.30. The van der Waals surface area contributed by atoms with Crippen LogP contribution in [0.2, 0.25) is 0 Å². The predicted molar refractivity (Wildman–Crippen MR) is 327 cm³/mol. The fourth-order valence-corrected chi connectivity index (χ4v) is 15.5. The number of carbonyl (C=O) groups is 8. The number of Topliss-reactive ketones (excluding diaryl/α,β-unsaturated/α-hetero) is 1. The number of ether oxygens (including phenoxy) is 1. The lowest BCUT2D eigenvalue weighted by atomic mass is 9.90. The van der Waals surface area contributed by atoms with E-state index >= 15 is 4.79 Å². The Hall–Kier alpha value is -8.91. The molecule has 10 bridgehead atoms. The number of primary amides is 2. The predicted octanol–water partition coefficient (Wildman–Crippen LogP) is 7.69. The Bertz CT molecular complexity index is 4180. The highest BCUT2D eigenvalue weighted by molar-refractivity contribution is 7.15. The minimum Gasteiger partial charge on any atom is -0.508 e. The van der Waals surface area contributed by atoms with Gasteiger partial charge >= 0.3 is 11.9 Å². The molecule has 2 aliphatic rings. The number of rotatable bonds is 12. The molecule has 7 atom stereocenters. The molecule has 2 aromatic carbocycles. The summed E-state index contributed by atoms with van der Waals surface area (Å²) >= 11 is 6.78. The lowest BCUT2D eigenvalue weighted by Gasteiger charge is -2.29. The molecule has 9 N–H and O–H groups in total. The average Bonchev–Trinajstić information content (AvgIpc) is 1.77. The van der Waals surface area contributed by atoms with Crippen molar-refractivity contribution in [1.29, 1.82) is 0 Å². The Labute approximate surface area is 523 Å². The summed E-state index contributed by atoms with van der Waals surface area (Å²) in [6.07, 6.45) is -4.35. The van der Waals surface area contributed by atoms with Gasteiger partial charge in [-0.1, -0.05) is 49.4 Å². The lowest BCUT2D eigenvalue weighted by Crippen LogP contribution is -2.50. The van der Waals surface area contributed by atoms with E-state index in [0.717, 1.165) is 45.3 Å². The molecule has 0 aliphatic carbocycles. The van der Waals surface area contributed by atoms with Gasteiger partial charge in [-0.05, 0) is 42.3 Å². The standard InChI is InChI=1S/C58H50N12O12S6/c1-25-41(73)19-70-47(25)57-68-39(24-87-57)55-64-35(20-85-55)46-30(12-13-32(61-46)54-65-36(21-86-54)49(60)78)52-66-37(22-83-52)50(79)62-33(18-42(59)74)56-69-45(26(2)88-56)40(72)17-31(48(28-6-4-3-5-7-28)82-44(77)15-14-43(75)76)53-67-38(23-84-53)51(80)63-34(58(70)81)16-27-8-10-29(71)11-9-27/h3-13,20-25,31,33-34,41,47-48,71,73H,14-19H2,1-2H3,(H2,59,74)(H2,60,78)(H,62,79)(H,63,80)(H,75,76)/t25-,31-,33-,34-,41-,47-,48+/m0/s1. The van der Waals surface area contributed by atoms with Gasteiger partial charge in [0.2, 0.25) is 11.8 Å². The summed E-state index contributed by atoms with van der Waals surface area (Å²) in [5.41, 5.74) is 14.0. The summed E-state index contributed by atoms with van der Waals surface area (Å²) in [6, 6.07) is 14.7. The Morgan fingerprint density at radius 2 is 1.34 bits per heavy atom. The van der Waals surface area contributed by atoms with E-state index in [2.05, 4.69) is 20.6 Å². The molecular weight excluding hydrogens is 1250 g/mol. The number of phenols is 1. The van der Waals surface area contributed by atoms with E-state index in [9.17, 15) is 48.9 Å². The van der Waals surface area contributed by atoms with Crippen molar-refractivity contribution >= 4 is 115 Å². The maximum atomic E-state index is 15.3. The number of carboxylic acid groups (broad SMARTS) is 1. The minimum absolute atomic E-state index is 0.0292. The number of benzene rings is 2. The third-order valence-corrected chi connectivity index (χ3v) is 20.1. The molecular formula is C58H50N12O12S6. The number of aromatic nitrogens is 7. The average molecular weight is 1300 g/mol. The first-order valence-corrected chi connectivity index (χ1v) is 32.2. The summed E-state index contributed by atoms with van der Waals surface area (Å²) in [4.78, 5) is 145. The molecule has 9 heterocycles. The van der Waals surface area contributed by atoms with Crippen molar-refractivity contribution in [1.82, 2.24) is 50.4 Å². The number of aliphatic hydroxyl groups excluding tert-OH is 1. The quantitative estimate of drug-likeness (QED) is 0.0576. The molecule has 2 aliphatic heterocycles. The van der Waals surface area contributed by atoms with E-state index < -0.39 is 115 Å². The lowest BCUT2D eigenvalue weighted by molar-refractivity contribution is -0.153. The number of pyridine rings is 1. The van der Waals surface area contributed by atoms with Crippen LogP contribution in [0.3, 0.4) is 0 Å². The van der Waals surface area contributed by atoms with Gasteiger partial charge in [-0.2, -0.15) is 0 Å². The van der Waals surface area contributed by atoms with Gasteiger partial charge in [0.1, 0.15) is 87.8 Å². The number of aliphatic hydroxyl groups is 1. The molecule has 88 heavy (non-hydrogen) atoms. The summed E-state index contributed by atoms with van der Waals surface area (Å²) in [5, 5.41) is 46.9. The number of aromatic hydroxyl groups is 1. The summed E-state index contributed by atoms with van der Waals surface area (Å²) in [5.74, 6) is -8.08. The van der Waals surface area contributed by atoms with Crippen LogP contribution >= 0.6 is 68.0 Å². The van der Waals surface area contributed by atoms with E-state index in [1.807, 2.05) is 0 Å². The number of amides is 5. The number of nitrogens with zero attached hydrogens (tertiary/aromatic N) is 8. The van der Waals surface area contributed by atoms with E-state index in [1.54, 1.807) is 79.2 Å². The number of carboxylic acids is 1. The highest BCUT2D eigenvalue weighted by atomic mass is 32.1. The largest absolute Gasteiger partial charge is 0.508 e. The molecule has 7 aromatic heterocycles. The number of phenolic OH excluding ortho intramolecular Hbond substituents is 1. The van der Waals surface area contributed by atoms with Gasteiger partial charge in [-0.3, -0.25) is 38.4 Å². The van der Waals surface area contributed by atoms with Crippen LogP contribution in [0.4, 0.5) is 0 Å². The maximum absolute atomic E-state index is 15.3. The number of fused-ring (bicyclic) bond motifs is 16. The van der Waals surface area contributed by atoms with Crippen molar-refractivity contribution in [2.75, 3.05) is 6.54 Å². The second kappa shape index (κ2) is 25.8. The molecule has 9 aromatic rings. The Morgan fingerprint density at radius 1 is 0.693 bits per heavy atom. The fraction of sp³-hybridized carbons (Fsp3) is 0.259. The SMILES string of the molecule is Cc1sc2nc1C(=O)C[C@@H]([C@H](OC(=O)CCC(=O)O)c1ccccc1)c1nc(cs1)C(=O)N[C@@H](Cc1ccc(O)cc1)C(=O)N1C[C@H](O)[C@H](C)[C@H]1c1nc(cs1)-c1nc(cs1)-c1nc(-c3nc(C(N)=O)cs3)ccc1-c1nc(cs1)C(=O)N[C@H]2CC(N)=O. The van der Waals surface area contributed by atoms with Crippen molar-refractivity contribution in [3.63, 3.8) is 0 Å². The van der Waals surface area contributed by atoms with Gasteiger partial charge in [0.25, 0.3) is 17.7 Å². The summed E-state index contributed by atoms with van der Waals surface area (Å²) < 4.78 is 6.07. The van der Waals surface area contributed by atoms with Crippen molar-refractivity contribution in [2.24, 2.45) is 17.4 Å². The van der Waals surface area contributed by atoms with Gasteiger partial charge < -0.3 is 47.1 Å². The first-order chi connectivity index (χ1) is 42.2. The molecule has 30 heteroatoms. The van der Waals surface area contributed by atoms with Gasteiger partial charge in [0, 0.05) is 62.6 Å². The number of ketones is 1. The molecule has 0 spiro atoms. The monoisotopic (exact) mass is 1300 g/mol. The molecule has 0 radical (unpaired) electrons. The maximum Gasteiger partial charge on any atom is 0.307 e. The van der Waals surface area contributed by atoms with E-state index in [4.69, 9.17) is 41.1 Å². The molecule has 1 fully saturated rings. The number of thiazole rings is 6. The van der Waals surface area contributed by atoms with E-state index in [0.29, 0.717) is 64.4 Å². The smallest absolute Gasteiger partial charge is 0.307 e. The molecule has 24 nitrogen and oxygen atoms in total. The molecule has 11 rings (SSSR count). The van der Waals surface area contributed by atoms with Gasteiger partial charge in [-0.15, -0.1) is 68.0 Å². The molecule has 0 saturated carbocycles. The van der Waals surface area contributed by atoms with Crippen molar-refractivity contribution in [3.8, 4) is 49.1 Å². The van der Waals surface area contributed by atoms with Crippen LogP contribution in [0.25, 0.3) is 43.4 Å². The number of hydrogen-bond acceptors (Lipinski definition) is 24. The third-order valence-electron chi connectivity index (χ3n) is 14.5. The number of aliphatic carboxylic acids is 1. The topological polar surface area (TPSA) is 376 Å². The van der Waals surface area contributed by atoms with Crippen molar-refractivity contribution in [3.05, 3.63) is 147 Å². The van der Waals surface area contributed by atoms with Crippen LogP contribution in [-0.2, 0) is 30.3 Å². The van der Waals surface area contributed by atoms with Crippen LogP contribution in [0.5, 0.6) is 5.75 Å². The second-order valence-corrected chi connectivity index (χ2v) is 26.2. The van der Waals surface area contributed by atoms with E-state index in [1.165, 1.54) is 55.8 Å². The van der Waals surface area contributed by atoms with Crippen LogP contribution in [0.1, 0.15) is 130 Å². The van der Waals surface area contributed by atoms with Crippen LogP contribution in [0, 0.1) is 12.8 Å². The second-order valence-electron chi connectivity index (χ2n) is 20.6. The number of carbonyl (C=O) groups excluding carboxylic acids is 7. The fourth-order valence-electron chi connectivity index (χ4n) is 10.1. The number of nitrogens with one attached hydrogen (secondary N) is 2. The molecule has 1 saturated heterocycles. The van der Waals surface area contributed by atoms with Gasteiger partial charge in [0.05, 0.1) is 49.1 Å². The van der Waals surface area contributed by atoms with Gasteiger partial charge in [-0.25, -0.2) is 34.9 Å². The Balaban J connectivity index is 1.03. The number of hydrogen-bond donors (Lipinski definition) is 7. The first-order valence-electron chi connectivity index (χ1n) is 27.0. The zero-order valence-electron chi connectivity index (χ0n) is 46.2. The van der Waals surface area contributed by atoms with Crippen LogP contribution in [0.15, 0.2) is 93.6 Å². The zero-order chi connectivity index (χ0) is 62.1. The van der Waals surface area contributed by atoms with Crippen molar-refractivity contribution < 1.29 is 58.4 Å². The van der Waals surface area contributed by atoms with E-state index in [-0.39, 0.29) is 51.5 Å². The van der Waals surface area contributed by atoms with Crippen LogP contribution < -0.4 is 22.1 Å². The third kappa shape index (κ3) is 13.2. The first kappa shape index (κ1) is 60.8.